The molecule has 1 heterocycles. The summed E-state index contributed by atoms with van der Waals surface area (Å²) in [6.07, 6.45) is 4.77. The third-order valence-corrected chi connectivity index (χ3v) is 2.90. The first-order chi connectivity index (χ1) is 8.18. The fourth-order valence-electron chi connectivity index (χ4n) is 2.09. The third-order valence-electron chi connectivity index (χ3n) is 2.90. The molecule has 1 aromatic rings. The van der Waals surface area contributed by atoms with Gasteiger partial charge in [-0.3, -0.25) is 0 Å². The summed E-state index contributed by atoms with van der Waals surface area (Å²) in [4.78, 5) is 4.23. The highest BCUT2D eigenvalue weighted by Crippen LogP contribution is 2.34. The molecule has 2 aliphatic rings. The van der Waals surface area contributed by atoms with Crippen LogP contribution in [0.1, 0.15) is 0 Å². The average molecular weight is 230 g/mol. The van der Waals surface area contributed by atoms with Crippen LogP contribution in [0.25, 0.3) is 0 Å². The molecule has 2 unspecified atom stereocenters. The zero-order chi connectivity index (χ0) is 12.0. The van der Waals surface area contributed by atoms with Crippen LogP contribution in [-0.4, -0.2) is 22.0 Å². The van der Waals surface area contributed by atoms with E-state index in [0.717, 1.165) is 0 Å². The SMILES string of the molecule is [O-][NH+]1c2c(O)cccc2N=C2C(O)=CC=CC21. The highest BCUT2D eigenvalue weighted by Gasteiger charge is 2.33. The van der Waals surface area contributed by atoms with Crippen molar-refractivity contribution in [1.82, 2.24) is 0 Å². The highest BCUT2D eigenvalue weighted by molar-refractivity contribution is 6.06. The number of para-hydroxylation sites is 1. The minimum Gasteiger partial charge on any atom is -0.628 e. The topological polar surface area (TPSA) is 80.3 Å². The Bertz CT molecular complexity index is 575. The van der Waals surface area contributed by atoms with Gasteiger partial charge in [0.15, 0.2) is 17.5 Å². The lowest BCUT2D eigenvalue weighted by molar-refractivity contribution is -0.786. The summed E-state index contributed by atoms with van der Waals surface area (Å²) in [5.41, 5.74) is 0.965. The van der Waals surface area contributed by atoms with E-state index in [0.29, 0.717) is 11.4 Å². The van der Waals surface area contributed by atoms with E-state index in [-0.39, 0.29) is 22.3 Å². The second-order valence-electron chi connectivity index (χ2n) is 3.95. The number of aliphatic hydroxyl groups excluding tert-OH is 1. The molecule has 0 saturated heterocycles. The van der Waals surface area contributed by atoms with Crippen molar-refractivity contribution in [3.8, 4) is 5.75 Å². The number of fused-ring (bicyclic) bond motifs is 2. The molecule has 3 N–H and O–H groups in total. The van der Waals surface area contributed by atoms with E-state index in [4.69, 9.17) is 0 Å². The standard InChI is InChI=1S/C12H10N2O3/c15-9-5-2-4-8-11(9)13-7-3-1-6-10(16)12(7)14(8)17/h1-6,8,14-16H. The van der Waals surface area contributed by atoms with E-state index in [2.05, 4.69) is 4.99 Å². The first-order valence-electron chi connectivity index (χ1n) is 5.21. The molecular formula is C12H10N2O3. The zero-order valence-corrected chi connectivity index (χ0v) is 8.79. The van der Waals surface area contributed by atoms with Gasteiger partial charge < -0.3 is 20.5 Å². The van der Waals surface area contributed by atoms with Crippen molar-refractivity contribution in [1.29, 1.82) is 0 Å². The second kappa shape index (κ2) is 3.44. The summed E-state index contributed by atoms with van der Waals surface area (Å²) in [6.45, 7) is 0. The molecule has 5 heteroatoms. The van der Waals surface area contributed by atoms with Gasteiger partial charge in [-0.2, -0.15) is 0 Å². The smallest absolute Gasteiger partial charge is 0.200 e. The quantitative estimate of drug-likeness (QED) is 0.457. The van der Waals surface area contributed by atoms with Gasteiger partial charge in [0.2, 0.25) is 0 Å². The number of benzene rings is 1. The molecular weight excluding hydrogens is 220 g/mol. The number of phenols is 1. The van der Waals surface area contributed by atoms with Gasteiger partial charge in [-0.05, 0) is 24.3 Å². The van der Waals surface area contributed by atoms with Gasteiger partial charge in [0.05, 0.1) is 0 Å². The molecule has 0 bridgehead atoms. The van der Waals surface area contributed by atoms with E-state index in [1.165, 1.54) is 12.1 Å². The number of nitrogens with one attached hydrogen (secondary N) is 1. The summed E-state index contributed by atoms with van der Waals surface area (Å²) in [5.74, 6) is -0.0717. The fourth-order valence-corrected chi connectivity index (χ4v) is 2.09. The zero-order valence-electron chi connectivity index (χ0n) is 8.79. The van der Waals surface area contributed by atoms with Crippen molar-refractivity contribution in [2.24, 2.45) is 4.99 Å². The van der Waals surface area contributed by atoms with E-state index in [9.17, 15) is 15.4 Å². The molecule has 0 aromatic heterocycles. The lowest BCUT2D eigenvalue weighted by atomic mass is 10.0. The molecule has 5 nitrogen and oxygen atoms in total. The Labute approximate surface area is 97.2 Å². The molecule has 1 aliphatic heterocycles. The Hall–Kier alpha value is -2.11. The van der Waals surface area contributed by atoms with Crippen molar-refractivity contribution < 1.29 is 15.3 Å². The summed E-state index contributed by atoms with van der Waals surface area (Å²) in [7, 11) is 0. The maximum atomic E-state index is 12.2. The molecule has 86 valence electrons. The number of allylic oxidation sites excluding steroid dienone is 2. The number of hydrogen-bond donors (Lipinski definition) is 3. The maximum absolute atomic E-state index is 12.2. The molecule has 17 heavy (non-hydrogen) atoms. The minimum absolute atomic E-state index is 0.000146. The largest absolute Gasteiger partial charge is 0.628 e. The number of phenolic OH excluding ortho intramolecular Hbond substituents is 1. The minimum atomic E-state index is -0.596. The van der Waals surface area contributed by atoms with E-state index >= 15 is 0 Å². The monoisotopic (exact) mass is 230 g/mol. The molecule has 3 rings (SSSR count). The number of quaternary nitrogens is 1. The van der Waals surface area contributed by atoms with Gasteiger partial charge in [0, 0.05) is 0 Å². The number of aliphatic hydroxyl groups is 1. The molecule has 0 saturated carbocycles. The molecule has 0 amide bonds. The predicted octanol–water partition coefficient (Wildman–Crippen LogP) is 0.873. The summed E-state index contributed by atoms with van der Waals surface area (Å²) < 4.78 is 0. The first kappa shape index (κ1) is 10.1. The average Bonchev–Trinajstić information content (AvgIpc) is 2.31. The van der Waals surface area contributed by atoms with Crippen molar-refractivity contribution in [2.75, 3.05) is 0 Å². The van der Waals surface area contributed by atoms with Gasteiger partial charge in [-0.15, -0.1) is 0 Å². The molecule has 1 aromatic carbocycles. The Kier molecular flexibility index (Phi) is 2.04. The van der Waals surface area contributed by atoms with Crippen LogP contribution in [0.15, 0.2) is 47.2 Å². The number of rotatable bonds is 0. The van der Waals surface area contributed by atoms with Gasteiger partial charge in [0.25, 0.3) is 0 Å². The predicted molar refractivity (Wildman–Crippen MR) is 62.8 cm³/mol. The van der Waals surface area contributed by atoms with Crippen molar-refractivity contribution >= 4 is 17.1 Å². The normalized spacial score (nSPS) is 25.7. The van der Waals surface area contributed by atoms with Crippen LogP contribution in [0.4, 0.5) is 11.4 Å². The van der Waals surface area contributed by atoms with Gasteiger partial charge in [0.1, 0.15) is 17.2 Å². The van der Waals surface area contributed by atoms with Crippen molar-refractivity contribution in [2.45, 2.75) is 6.04 Å². The van der Waals surface area contributed by atoms with Crippen LogP contribution in [0.3, 0.4) is 0 Å². The summed E-state index contributed by atoms with van der Waals surface area (Å²) >= 11 is 0. The first-order valence-corrected chi connectivity index (χ1v) is 5.21. The lowest BCUT2D eigenvalue weighted by Crippen LogP contribution is -3.08. The van der Waals surface area contributed by atoms with E-state index in [1.54, 1.807) is 24.3 Å². The van der Waals surface area contributed by atoms with Crippen LogP contribution in [0.2, 0.25) is 0 Å². The maximum Gasteiger partial charge on any atom is 0.200 e. The van der Waals surface area contributed by atoms with Gasteiger partial charge >= 0.3 is 0 Å². The van der Waals surface area contributed by atoms with E-state index < -0.39 is 6.04 Å². The molecule has 0 radical (unpaired) electrons. The summed E-state index contributed by atoms with van der Waals surface area (Å²) in [6, 6.07) is 4.12. The fraction of sp³-hybridized carbons (Fsp3) is 0.0833. The van der Waals surface area contributed by atoms with Crippen LogP contribution in [0, 0.1) is 5.21 Å². The van der Waals surface area contributed by atoms with Gasteiger partial charge in [-0.1, -0.05) is 12.1 Å². The summed E-state index contributed by atoms with van der Waals surface area (Å²) in [5, 5.41) is 31.3. The Balaban J connectivity index is 2.24. The Morgan fingerprint density at radius 2 is 2.12 bits per heavy atom. The van der Waals surface area contributed by atoms with E-state index in [1.807, 2.05) is 0 Å². The van der Waals surface area contributed by atoms with Crippen LogP contribution < -0.4 is 5.06 Å². The van der Waals surface area contributed by atoms with Crippen molar-refractivity contribution in [3.05, 3.63) is 47.4 Å². The molecule has 1 aliphatic carbocycles. The number of nitrogens with zero attached hydrogens (tertiary/aromatic N) is 1. The Morgan fingerprint density at radius 1 is 1.29 bits per heavy atom. The Morgan fingerprint density at radius 3 is 2.94 bits per heavy atom. The highest BCUT2D eigenvalue weighted by atomic mass is 16.5. The van der Waals surface area contributed by atoms with Crippen LogP contribution in [-0.2, 0) is 0 Å². The third kappa shape index (κ3) is 1.37. The van der Waals surface area contributed by atoms with Crippen molar-refractivity contribution in [3.63, 3.8) is 0 Å². The van der Waals surface area contributed by atoms with Crippen LogP contribution in [0.5, 0.6) is 5.75 Å². The molecule has 0 fully saturated rings. The number of hydroxylamine groups is 1. The number of aromatic hydroxyl groups is 1. The molecule has 0 spiro atoms. The lowest BCUT2D eigenvalue weighted by Gasteiger charge is -2.34. The number of hydrogen-bond acceptors (Lipinski definition) is 4. The molecule has 2 atom stereocenters. The number of aliphatic imine (C=N–C) groups is 1. The van der Waals surface area contributed by atoms with Crippen LogP contribution >= 0.6 is 0 Å². The van der Waals surface area contributed by atoms with Gasteiger partial charge in [-0.25, -0.2) is 4.99 Å². The second-order valence-corrected chi connectivity index (χ2v) is 3.95.